The zero-order valence-electron chi connectivity index (χ0n) is 11.4. The molecule has 1 unspecified atom stereocenters. The van der Waals surface area contributed by atoms with Crippen molar-refractivity contribution >= 4 is 29.7 Å². The number of aliphatic carboxylic acids is 1. The van der Waals surface area contributed by atoms with E-state index in [1.54, 1.807) is 6.92 Å². The molecule has 21 heavy (non-hydrogen) atoms. The second-order valence-electron chi connectivity index (χ2n) is 4.46. The number of nitrogens with zero attached hydrogens (tertiary/aromatic N) is 2. The minimum atomic E-state index is -1.34. The van der Waals surface area contributed by atoms with Gasteiger partial charge in [-0.2, -0.15) is 0 Å². The number of piperazine rings is 1. The first-order valence-corrected chi connectivity index (χ1v) is 6.15. The number of nitrogens with two attached hydrogens (primary N) is 1. The second-order valence-corrected chi connectivity index (χ2v) is 4.46. The van der Waals surface area contributed by atoms with E-state index >= 15 is 0 Å². The van der Waals surface area contributed by atoms with Crippen LogP contribution in [0.25, 0.3) is 0 Å². The van der Waals surface area contributed by atoms with Gasteiger partial charge >= 0.3 is 12.0 Å². The standard InChI is InChI=1S/C11H16N4O6/c1-2-6-10(20)13-8(17)4-15(6)11(21)14(3-7(12)16)5-9(18)19/h6H,2-5H2,1H3,(H2,12,16)(H,18,19)(H,13,17,20). The maximum Gasteiger partial charge on any atom is 0.323 e. The third-order valence-electron chi connectivity index (χ3n) is 2.83. The third-order valence-corrected chi connectivity index (χ3v) is 2.83. The van der Waals surface area contributed by atoms with Gasteiger partial charge < -0.3 is 20.6 Å². The van der Waals surface area contributed by atoms with Crippen molar-refractivity contribution in [1.82, 2.24) is 15.1 Å². The Morgan fingerprint density at radius 3 is 2.48 bits per heavy atom. The molecule has 10 heteroatoms. The average molecular weight is 300 g/mol. The molecule has 1 atom stereocenters. The van der Waals surface area contributed by atoms with E-state index in [0.29, 0.717) is 4.90 Å². The monoisotopic (exact) mass is 300 g/mol. The highest BCUT2D eigenvalue weighted by molar-refractivity contribution is 6.04. The van der Waals surface area contributed by atoms with Crippen molar-refractivity contribution in [1.29, 1.82) is 0 Å². The molecule has 0 bridgehead atoms. The molecule has 0 aliphatic carbocycles. The van der Waals surface area contributed by atoms with Crippen LogP contribution < -0.4 is 11.1 Å². The lowest BCUT2D eigenvalue weighted by atomic mass is 10.1. The maximum absolute atomic E-state index is 12.3. The number of urea groups is 1. The summed E-state index contributed by atoms with van der Waals surface area (Å²) in [4.78, 5) is 58.6. The summed E-state index contributed by atoms with van der Waals surface area (Å²) < 4.78 is 0. The highest BCUT2D eigenvalue weighted by atomic mass is 16.4. The van der Waals surface area contributed by atoms with Gasteiger partial charge in [0.1, 0.15) is 25.7 Å². The van der Waals surface area contributed by atoms with Crippen LogP contribution in [0.2, 0.25) is 0 Å². The third kappa shape index (κ3) is 4.16. The van der Waals surface area contributed by atoms with Gasteiger partial charge in [-0.3, -0.25) is 24.5 Å². The second kappa shape index (κ2) is 6.68. The minimum absolute atomic E-state index is 0.238. The summed E-state index contributed by atoms with van der Waals surface area (Å²) >= 11 is 0. The van der Waals surface area contributed by atoms with Crippen LogP contribution in [0.1, 0.15) is 13.3 Å². The number of hydrogen-bond donors (Lipinski definition) is 3. The minimum Gasteiger partial charge on any atom is -0.480 e. The Bertz CT molecular complexity index is 475. The highest BCUT2D eigenvalue weighted by Crippen LogP contribution is 2.12. The van der Waals surface area contributed by atoms with Crippen molar-refractivity contribution in [3.63, 3.8) is 0 Å². The van der Waals surface area contributed by atoms with Crippen LogP contribution in [0.3, 0.4) is 0 Å². The van der Waals surface area contributed by atoms with Crippen molar-refractivity contribution in [3.8, 4) is 0 Å². The number of carbonyl (C=O) groups excluding carboxylic acids is 4. The largest absolute Gasteiger partial charge is 0.480 e. The lowest BCUT2D eigenvalue weighted by molar-refractivity contribution is -0.138. The number of nitrogens with one attached hydrogen (secondary N) is 1. The number of carbonyl (C=O) groups is 5. The molecule has 0 saturated carbocycles. The van der Waals surface area contributed by atoms with Gasteiger partial charge in [-0.1, -0.05) is 6.92 Å². The van der Waals surface area contributed by atoms with Crippen LogP contribution in [0, 0.1) is 0 Å². The summed E-state index contributed by atoms with van der Waals surface area (Å²) in [5.74, 6) is -3.56. The van der Waals surface area contributed by atoms with Crippen molar-refractivity contribution in [2.75, 3.05) is 19.6 Å². The van der Waals surface area contributed by atoms with Gasteiger partial charge in [0.2, 0.25) is 17.7 Å². The van der Waals surface area contributed by atoms with Gasteiger partial charge in [0, 0.05) is 0 Å². The molecule has 0 aromatic rings. The summed E-state index contributed by atoms with van der Waals surface area (Å²) in [7, 11) is 0. The van der Waals surface area contributed by atoms with Gasteiger partial charge in [-0.05, 0) is 6.42 Å². The molecule has 0 radical (unpaired) electrons. The average Bonchev–Trinajstić information content (AvgIpc) is 2.35. The molecular weight excluding hydrogens is 284 g/mol. The topological polar surface area (TPSA) is 150 Å². The summed E-state index contributed by atoms with van der Waals surface area (Å²) in [5.41, 5.74) is 4.97. The number of rotatable bonds is 5. The number of carboxylic acids is 1. The normalized spacial score (nSPS) is 18.1. The Morgan fingerprint density at radius 2 is 2.00 bits per heavy atom. The molecule has 1 fully saturated rings. The van der Waals surface area contributed by atoms with E-state index in [2.05, 4.69) is 5.32 Å². The number of hydrogen-bond acceptors (Lipinski definition) is 5. The molecule has 0 spiro atoms. The molecule has 0 aromatic heterocycles. The number of amides is 5. The summed E-state index contributed by atoms with van der Waals surface area (Å²) in [6.07, 6.45) is 0.238. The van der Waals surface area contributed by atoms with E-state index in [0.717, 1.165) is 4.90 Å². The number of carboxylic acid groups (broad SMARTS) is 1. The molecule has 4 N–H and O–H groups in total. The van der Waals surface area contributed by atoms with Gasteiger partial charge in [-0.15, -0.1) is 0 Å². The number of imide groups is 1. The smallest absolute Gasteiger partial charge is 0.323 e. The van der Waals surface area contributed by atoms with Crippen LogP contribution in [-0.2, 0) is 19.2 Å². The molecule has 1 aliphatic heterocycles. The molecule has 10 nitrogen and oxygen atoms in total. The summed E-state index contributed by atoms with van der Waals surface area (Å²) in [6, 6.07) is -1.80. The molecular formula is C11H16N4O6. The zero-order chi connectivity index (χ0) is 16.2. The van der Waals surface area contributed by atoms with E-state index < -0.39 is 55.4 Å². The van der Waals surface area contributed by atoms with Gasteiger partial charge in [-0.25, -0.2) is 4.79 Å². The fourth-order valence-electron chi connectivity index (χ4n) is 2.00. The lowest BCUT2D eigenvalue weighted by Gasteiger charge is -2.36. The van der Waals surface area contributed by atoms with Crippen molar-refractivity contribution in [2.45, 2.75) is 19.4 Å². The van der Waals surface area contributed by atoms with Crippen LogP contribution in [-0.4, -0.2) is 70.3 Å². The predicted molar refractivity (Wildman–Crippen MR) is 67.7 cm³/mol. The van der Waals surface area contributed by atoms with Gasteiger partial charge in [0.25, 0.3) is 0 Å². The van der Waals surface area contributed by atoms with E-state index in [1.807, 2.05) is 0 Å². The Kier molecular flexibility index (Phi) is 5.22. The van der Waals surface area contributed by atoms with Crippen molar-refractivity contribution in [3.05, 3.63) is 0 Å². The first-order valence-electron chi connectivity index (χ1n) is 6.15. The molecule has 1 saturated heterocycles. The fourth-order valence-corrected chi connectivity index (χ4v) is 2.00. The Balaban J connectivity index is 2.98. The van der Waals surface area contributed by atoms with E-state index in [4.69, 9.17) is 10.8 Å². The predicted octanol–water partition coefficient (Wildman–Crippen LogP) is -2.28. The fraction of sp³-hybridized carbons (Fsp3) is 0.545. The SMILES string of the molecule is CCC1C(=O)NC(=O)CN1C(=O)N(CC(N)=O)CC(=O)O. The Labute approximate surface area is 119 Å². The van der Waals surface area contributed by atoms with Crippen LogP contribution in [0.5, 0.6) is 0 Å². The zero-order valence-corrected chi connectivity index (χ0v) is 11.4. The Hall–Kier alpha value is -2.65. The molecule has 5 amide bonds. The molecule has 116 valence electrons. The quantitative estimate of drug-likeness (QED) is 0.486. The van der Waals surface area contributed by atoms with Gasteiger partial charge in [0.05, 0.1) is 0 Å². The summed E-state index contributed by atoms with van der Waals surface area (Å²) in [6.45, 7) is -0.133. The molecule has 1 aliphatic rings. The van der Waals surface area contributed by atoms with Crippen LogP contribution >= 0.6 is 0 Å². The first kappa shape index (κ1) is 16.4. The van der Waals surface area contributed by atoms with Crippen LogP contribution in [0.15, 0.2) is 0 Å². The van der Waals surface area contributed by atoms with Crippen molar-refractivity contribution < 1.29 is 29.1 Å². The maximum atomic E-state index is 12.3. The van der Waals surface area contributed by atoms with Gasteiger partial charge in [0.15, 0.2) is 0 Å². The molecule has 1 heterocycles. The highest BCUT2D eigenvalue weighted by Gasteiger charge is 2.38. The van der Waals surface area contributed by atoms with E-state index in [-0.39, 0.29) is 6.42 Å². The van der Waals surface area contributed by atoms with Crippen molar-refractivity contribution in [2.24, 2.45) is 5.73 Å². The Morgan fingerprint density at radius 1 is 1.38 bits per heavy atom. The number of primary amides is 1. The summed E-state index contributed by atoms with van der Waals surface area (Å²) in [5, 5.41) is 10.8. The lowest BCUT2D eigenvalue weighted by Crippen LogP contribution is -2.62. The first-order chi connectivity index (χ1) is 9.76. The molecule has 0 aromatic carbocycles. The molecule has 1 rings (SSSR count). The van der Waals surface area contributed by atoms with Crippen LogP contribution in [0.4, 0.5) is 4.79 Å². The van der Waals surface area contributed by atoms with E-state index in [1.165, 1.54) is 0 Å². The van der Waals surface area contributed by atoms with E-state index in [9.17, 15) is 24.0 Å².